The van der Waals surface area contributed by atoms with Gasteiger partial charge in [-0.3, -0.25) is 9.10 Å². The maximum absolute atomic E-state index is 13.0. The summed E-state index contributed by atoms with van der Waals surface area (Å²) in [5.41, 5.74) is 2.85. The number of nitrogens with zero attached hydrogens (tertiary/aromatic N) is 2. The number of sulfonamides is 1. The number of anilines is 2. The van der Waals surface area contributed by atoms with E-state index in [4.69, 9.17) is 0 Å². The van der Waals surface area contributed by atoms with Gasteiger partial charge in [0.2, 0.25) is 0 Å². The minimum absolute atomic E-state index is 0.177. The van der Waals surface area contributed by atoms with Crippen LogP contribution in [0.4, 0.5) is 11.4 Å². The van der Waals surface area contributed by atoms with E-state index >= 15 is 0 Å². The zero-order valence-corrected chi connectivity index (χ0v) is 19.6. The fourth-order valence-corrected chi connectivity index (χ4v) is 5.31. The summed E-state index contributed by atoms with van der Waals surface area (Å²) in [5, 5.41) is 2.93. The maximum atomic E-state index is 13.0. The molecule has 0 radical (unpaired) electrons. The van der Waals surface area contributed by atoms with Crippen molar-refractivity contribution in [3.8, 4) is 0 Å². The van der Waals surface area contributed by atoms with Crippen LogP contribution in [0.25, 0.3) is 0 Å². The quantitative estimate of drug-likeness (QED) is 0.563. The van der Waals surface area contributed by atoms with Crippen LogP contribution in [0.15, 0.2) is 83.8 Å². The minimum atomic E-state index is -3.78. The molecule has 4 rings (SSSR count). The molecule has 1 heterocycles. The number of amides is 1. The molecule has 33 heavy (non-hydrogen) atoms. The van der Waals surface area contributed by atoms with Crippen LogP contribution >= 0.6 is 0 Å². The predicted octanol–water partition coefficient (Wildman–Crippen LogP) is 4.43. The molecule has 0 atom stereocenters. The Morgan fingerprint density at radius 2 is 1.52 bits per heavy atom. The second-order valence-corrected chi connectivity index (χ2v) is 10.2. The summed E-state index contributed by atoms with van der Waals surface area (Å²) in [4.78, 5) is 15.6. The van der Waals surface area contributed by atoms with Crippen LogP contribution in [0.5, 0.6) is 0 Å². The standard InChI is InChI=1S/C26H29N3O3S/c1-28(33(31,32)23-10-4-2-5-11-23)25-13-7-6-12-24(25)26(30)27-20-21-14-16-22(17-15-21)29-18-8-3-9-19-29/h2,4-7,10-17H,3,8-9,18-20H2,1H3,(H,27,30). The molecule has 1 aliphatic rings. The summed E-state index contributed by atoms with van der Waals surface area (Å²) in [7, 11) is -2.32. The molecule has 6 nitrogen and oxygen atoms in total. The molecular weight excluding hydrogens is 434 g/mol. The Bertz CT molecular complexity index is 1190. The molecule has 3 aromatic rings. The highest BCUT2D eigenvalue weighted by Crippen LogP contribution is 2.26. The summed E-state index contributed by atoms with van der Waals surface area (Å²) >= 11 is 0. The zero-order chi connectivity index (χ0) is 23.3. The first-order valence-electron chi connectivity index (χ1n) is 11.2. The molecule has 3 aromatic carbocycles. The highest BCUT2D eigenvalue weighted by atomic mass is 32.2. The smallest absolute Gasteiger partial charge is 0.264 e. The molecule has 0 aromatic heterocycles. The number of carbonyl (C=O) groups is 1. The number of benzene rings is 3. The SMILES string of the molecule is CN(c1ccccc1C(=O)NCc1ccc(N2CCCCC2)cc1)S(=O)(=O)c1ccccc1. The molecule has 0 bridgehead atoms. The molecule has 1 fully saturated rings. The number of hydrogen-bond acceptors (Lipinski definition) is 4. The van der Waals surface area contributed by atoms with Crippen molar-refractivity contribution in [2.24, 2.45) is 0 Å². The van der Waals surface area contributed by atoms with Crippen LogP contribution in [-0.2, 0) is 16.6 Å². The van der Waals surface area contributed by atoms with E-state index in [-0.39, 0.29) is 10.8 Å². The Kier molecular flexibility index (Phi) is 6.99. The molecule has 1 aliphatic heterocycles. The van der Waals surface area contributed by atoms with Crippen LogP contribution in [0.2, 0.25) is 0 Å². The average molecular weight is 464 g/mol. The summed E-state index contributed by atoms with van der Waals surface area (Å²) < 4.78 is 27.2. The van der Waals surface area contributed by atoms with Gasteiger partial charge in [-0.2, -0.15) is 0 Å². The Balaban J connectivity index is 1.46. The van der Waals surface area contributed by atoms with E-state index in [1.807, 2.05) is 12.1 Å². The molecular formula is C26H29N3O3S. The molecule has 172 valence electrons. The number of nitrogens with one attached hydrogen (secondary N) is 1. The largest absolute Gasteiger partial charge is 0.372 e. The summed E-state index contributed by atoms with van der Waals surface area (Å²) in [6.07, 6.45) is 3.75. The lowest BCUT2D eigenvalue weighted by Gasteiger charge is -2.28. The van der Waals surface area contributed by atoms with Gasteiger partial charge in [-0.05, 0) is 61.2 Å². The van der Waals surface area contributed by atoms with E-state index in [2.05, 4.69) is 22.3 Å². The Morgan fingerprint density at radius 3 is 2.21 bits per heavy atom. The highest BCUT2D eigenvalue weighted by molar-refractivity contribution is 7.92. The summed E-state index contributed by atoms with van der Waals surface area (Å²) in [6.45, 7) is 2.54. The highest BCUT2D eigenvalue weighted by Gasteiger charge is 2.24. The fraction of sp³-hybridized carbons (Fsp3) is 0.269. The molecule has 1 N–H and O–H groups in total. The van der Waals surface area contributed by atoms with E-state index < -0.39 is 10.0 Å². The van der Waals surface area contributed by atoms with E-state index in [0.717, 1.165) is 23.0 Å². The van der Waals surface area contributed by atoms with Crippen molar-refractivity contribution < 1.29 is 13.2 Å². The van der Waals surface area contributed by atoms with Crippen molar-refractivity contribution in [2.75, 3.05) is 29.3 Å². The third-order valence-corrected chi connectivity index (χ3v) is 7.79. The van der Waals surface area contributed by atoms with E-state index in [9.17, 15) is 13.2 Å². The average Bonchev–Trinajstić information content (AvgIpc) is 2.88. The minimum Gasteiger partial charge on any atom is -0.372 e. The van der Waals surface area contributed by atoms with Gasteiger partial charge in [0.25, 0.3) is 15.9 Å². The zero-order valence-electron chi connectivity index (χ0n) is 18.8. The van der Waals surface area contributed by atoms with Gasteiger partial charge in [0.1, 0.15) is 0 Å². The lowest BCUT2D eigenvalue weighted by Crippen LogP contribution is -2.30. The van der Waals surface area contributed by atoms with Gasteiger partial charge in [-0.1, -0.05) is 42.5 Å². The van der Waals surface area contributed by atoms with Crippen LogP contribution < -0.4 is 14.5 Å². The van der Waals surface area contributed by atoms with Crippen molar-refractivity contribution >= 4 is 27.3 Å². The third kappa shape index (κ3) is 5.20. The van der Waals surface area contributed by atoms with Crippen LogP contribution in [0.1, 0.15) is 35.2 Å². The summed E-state index contributed by atoms with van der Waals surface area (Å²) in [5.74, 6) is -0.319. The monoisotopic (exact) mass is 463 g/mol. The second kappa shape index (κ2) is 10.1. The number of rotatable bonds is 7. The van der Waals surface area contributed by atoms with E-state index in [0.29, 0.717) is 17.8 Å². The van der Waals surface area contributed by atoms with E-state index in [1.54, 1.807) is 54.6 Å². The van der Waals surface area contributed by atoms with Crippen molar-refractivity contribution in [1.82, 2.24) is 5.32 Å². The number of carbonyl (C=O) groups excluding carboxylic acids is 1. The number of piperidine rings is 1. The fourth-order valence-electron chi connectivity index (χ4n) is 4.07. The van der Waals surface area contributed by atoms with Crippen molar-refractivity contribution in [2.45, 2.75) is 30.7 Å². The molecule has 0 spiro atoms. The van der Waals surface area contributed by atoms with Gasteiger partial charge in [-0.15, -0.1) is 0 Å². The predicted molar refractivity (Wildman–Crippen MR) is 132 cm³/mol. The topological polar surface area (TPSA) is 69.7 Å². The number of hydrogen-bond donors (Lipinski definition) is 1. The second-order valence-electron chi connectivity index (χ2n) is 8.20. The van der Waals surface area contributed by atoms with Crippen LogP contribution in [0, 0.1) is 0 Å². The van der Waals surface area contributed by atoms with Crippen molar-refractivity contribution in [3.63, 3.8) is 0 Å². The lowest BCUT2D eigenvalue weighted by atomic mass is 10.1. The van der Waals surface area contributed by atoms with Gasteiger partial charge < -0.3 is 10.2 Å². The van der Waals surface area contributed by atoms with E-state index in [1.165, 1.54) is 32.0 Å². The van der Waals surface area contributed by atoms with Crippen molar-refractivity contribution in [3.05, 3.63) is 90.0 Å². The Morgan fingerprint density at radius 1 is 0.879 bits per heavy atom. The molecule has 1 saturated heterocycles. The molecule has 0 unspecified atom stereocenters. The van der Waals surface area contributed by atoms with Gasteiger partial charge in [0.15, 0.2) is 0 Å². The van der Waals surface area contributed by atoms with Gasteiger partial charge >= 0.3 is 0 Å². The third-order valence-electron chi connectivity index (χ3n) is 6.00. The van der Waals surface area contributed by atoms with Gasteiger partial charge in [0.05, 0.1) is 16.1 Å². The van der Waals surface area contributed by atoms with Gasteiger partial charge in [0, 0.05) is 32.4 Å². The Labute approximate surface area is 195 Å². The normalized spacial score (nSPS) is 14.0. The van der Waals surface area contributed by atoms with Gasteiger partial charge in [-0.25, -0.2) is 8.42 Å². The molecule has 1 amide bonds. The first-order chi connectivity index (χ1) is 16.0. The molecule has 7 heteroatoms. The number of para-hydroxylation sites is 1. The molecule has 0 saturated carbocycles. The van der Waals surface area contributed by atoms with Crippen LogP contribution in [0.3, 0.4) is 0 Å². The van der Waals surface area contributed by atoms with Crippen molar-refractivity contribution in [1.29, 1.82) is 0 Å². The molecule has 0 aliphatic carbocycles. The summed E-state index contributed by atoms with van der Waals surface area (Å²) in [6, 6.07) is 23.2. The van der Waals surface area contributed by atoms with Crippen LogP contribution in [-0.4, -0.2) is 34.5 Å². The lowest BCUT2D eigenvalue weighted by molar-refractivity contribution is 0.0951. The maximum Gasteiger partial charge on any atom is 0.264 e. The Hall–Kier alpha value is -3.32. The first kappa shape index (κ1) is 22.9. The first-order valence-corrected chi connectivity index (χ1v) is 12.7.